The highest BCUT2D eigenvalue weighted by Crippen LogP contribution is 2.15. The Morgan fingerprint density at radius 1 is 1.00 bits per heavy atom. The normalized spacial score (nSPS) is 14.8. The van der Waals surface area contributed by atoms with E-state index in [1.54, 1.807) is 4.52 Å². The van der Waals surface area contributed by atoms with Crippen molar-refractivity contribution in [2.24, 2.45) is 0 Å². The number of fused-ring (bicyclic) bond motifs is 1. The number of benzene rings is 1. The van der Waals surface area contributed by atoms with Crippen molar-refractivity contribution in [3.8, 4) is 0 Å². The molecule has 1 aliphatic rings. The standard InChI is InChI=1S/C17H19N7O/c1-13-19-20-15-7-8-16(21-24(13)15)22-9-11-23(12-10-22)17(25)18-14-5-3-2-4-6-14/h2-8H,9-12H2,1H3,(H,18,25). The molecule has 0 spiro atoms. The van der Waals surface area contributed by atoms with Gasteiger partial charge in [-0.05, 0) is 31.2 Å². The van der Waals surface area contributed by atoms with E-state index in [4.69, 9.17) is 0 Å². The van der Waals surface area contributed by atoms with Gasteiger partial charge in [-0.15, -0.1) is 15.3 Å². The zero-order valence-electron chi connectivity index (χ0n) is 14.0. The van der Waals surface area contributed by atoms with Gasteiger partial charge in [0.2, 0.25) is 0 Å². The SMILES string of the molecule is Cc1nnc2ccc(N3CCN(C(=O)Nc4ccccc4)CC3)nn12. The number of aryl methyl sites for hydroxylation is 1. The van der Waals surface area contributed by atoms with Crippen LogP contribution in [0.4, 0.5) is 16.3 Å². The zero-order chi connectivity index (χ0) is 17.2. The van der Waals surface area contributed by atoms with Gasteiger partial charge >= 0.3 is 6.03 Å². The van der Waals surface area contributed by atoms with Gasteiger partial charge in [0.15, 0.2) is 11.5 Å². The highest BCUT2D eigenvalue weighted by atomic mass is 16.2. The lowest BCUT2D eigenvalue weighted by Crippen LogP contribution is -2.50. The van der Waals surface area contributed by atoms with Crippen molar-refractivity contribution >= 4 is 23.2 Å². The molecule has 8 heteroatoms. The van der Waals surface area contributed by atoms with E-state index < -0.39 is 0 Å². The fourth-order valence-electron chi connectivity index (χ4n) is 2.92. The summed E-state index contributed by atoms with van der Waals surface area (Å²) >= 11 is 0. The van der Waals surface area contributed by atoms with Gasteiger partial charge < -0.3 is 15.1 Å². The molecule has 2 amide bonds. The number of carbonyl (C=O) groups excluding carboxylic acids is 1. The van der Waals surface area contributed by atoms with Crippen LogP contribution in [0.3, 0.4) is 0 Å². The van der Waals surface area contributed by atoms with Gasteiger partial charge in [0.1, 0.15) is 5.82 Å². The van der Waals surface area contributed by atoms with Crippen LogP contribution in [0.25, 0.3) is 5.65 Å². The number of urea groups is 1. The van der Waals surface area contributed by atoms with Gasteiger partial charge in [0, 0.05) is 31.9 Å². The Labute approximate surface area is 145 Å². The molecule has 128 valence electrons. The van der Waals surface area contributed by atoms with Crippen LogP contribution in [0, 0.1) is 6.92 Å². The molecular weight excluding hydrogens is 318 g/mol. The van der Waals surface area contributed by atoms with Gasteiger partial charge in [0.25, 0.3) is 0 Å². The predicted molar refractivity (Wildman–Crippen MR) is 94.8 cm³/mol. The third kappa shape index (κ3) is 3.10. The summed E-state index contributed by atoms with van der Waals surface area (Å²) in [6.45, 7) is 4.66. The quantitative estimate of drug-likeness (QED) is 0.771. The van der Waals surface area contributed by atoms with E-state index in [0.29, 0.717) is 13.1 Å². The molecule has 4 rings (SSSR count). The van der Waals surface area contributed by atoms with E-state index in [1.165, 1.54) is 0 Å². The first-order valence-electron chi connectivity index (χ1n) is 8.26. The molecule has 3 heterocycles. The fraction of sp³-hybridized carbons (Fsp3) is 0.294. The van der Waals surface area contributed by atoms with Gasteiger partial charge in [-0.3, -0.25) is 0 Å². The van der Waals surface area contributed by atoms with E-state index >= 15 is 0 Å². The van der Waals surface area contributed by atoms with Crippen molar-refractivity contribution < 1.29 is 4.79 Å². The van der Waals surface area contributed by atoms with Crippen LogP contribution in [0.1, 0.15) is 5.82 Å². The van der Waals surface area contributed by atoms with Crippen LogP contribution in [0.5, 0.6) is 0 Å². The minimum absolute atomic E-state index is 0.0658. The lowest BCUT2D eigenvalue weighted by molar-refractivity contribution is 0.208. The first kappa shape index (κ1) is 15.4. The number of piperazine rings is 1. The van der Waals surface area contributed by atoms with Crippen LogP contribution in [0.15, 0.2) is 42.5 Å². The number of anilines is 2. The molecule has 0 radical (unpaired) electrons. The number of nitrogens with one attached hydrogen (secondary N) is 1. The van der Waals surface area contributed by atoms with E-state index in [-0.39, 0.29) is 6.03 Å². The van der Waals surface area contributed by atoms with Gasteiger partial charge in [0.05, 0.1) is 0 Å². The third-order valence-electron chi connectivity index (χ3n) is 4.32. The predicted octanol–water partition coefficient (Wildman–Crippen LogP) is 1.79. The molecule has 1 aliphatic heterocycles. The molecule has 8 nitrogen and oxygen atoms in total. The molecule has 1 N–H and O–H groups in total. The van der Waals surface area contributed by atoms with Crippen molar-refractivity contribution in [3.63, 3.8) is 0 Å². The number of para-hydroxylation sites is 1. The van der Waals surface area contributed by atoms with Crippen molar-refractivity contribution in [1.82, 2.24) is 24.7 Å². The summed E-state index contributed by atoms with van der Waals surface area (Å²) in [5, 5.41) is 15.6. The van der Waals surface area contributed by atoms with Crippen molar-refractivity contribution in [1.29, 1.82) is 0 Å². The third-order valence-corrected chi connectivity index (χ3v) is 4.32. The van der Waals surface area contributed by atoms with Crippen molar-refractivity contribution in [2.45, 2.75) is 6.92 Å². The second-order valence-electron chi connectivity index (χ2n) is 5.98. The maximum Gasteiger partial charge on any atom is 0.321 e. The van der Waals surface area contributed by atoms with Crippen molar-refractivity contribution in [2.75, 3.05) is 36.4 Å². The summed E-state index contributed by atoms with van der Waals surface area (Å²) in [5.74, 6) is 1.64. The van der Waals surface area contributed by atoms with Gasteiger partial charge in [-0.25, -0.2) is 4.79 Å². The summed E-state index contributed by atoms with van der Waals surface area (Å²) in [5.41, 5.74) is 1.55. The summed E-state index contributed by atoms with van der Waals surface area (Å²) in [6.07, 6.45) is 0. The Morgan fingerprint density at radius 2 is 1.76 bits per heavy atom. The largest absolute Gasteiger partial charge is 0.352 e. The minimum Gasteiger partial charge on any atom is -0.352 e. The summed E-state index contributed by atoms with van der Waals surface area (Å²) < 4.78 is 1.74. The molecule has 0 bridgehead atoms. The minimum atomic E-state index is -0.0658. The van der Waals surface area contributed by atoms with Gasteiger partial charge in [-0.1, -0.05) is 18.2 Å². The fourth-order valence-corrected chi connectivity index (χ4v) is 2.92. The molecule has 0 aliphatic carbocycles. The highest BCUT2D eigenvalue weighted by Gasteiger charge is 2.22. The lowest BCUT2D eigenvalue weighted by atomic mass is 10.3. The number of amides is 2. The Kier molecular flexibility index (Phi) is 3.93. The molecule has 3 aromatic rings. The number of aromatic nitrogens is 4. The monoisotopic (exact) mass is 337 g/mol. The summed E-state index contributed by atoms with van der Waals surface area (Å²) in [7, 11) is 0. The van der Waals surface area contributed by atoms with Crippen LogP contribution in [0.2, 0.25) is 0 Å². The molecule has 1 fully saturated rings. The first-order valence-corrected chi connectivity index (χ1v) is 8.26. The first-order chi connectivity index (χ1) is 12.2. The van der Waals surface area contributed by atoms with Gasteiger partial charge in [-0.2, -0.15) is 4.52 Å². The van der Waals surface area contributed by atoms with Crippen molar-refractivity contribution in [3.05, 3.63) is 48.3 Å². The van der Waals surface area contributed by atoms with Crippen LogP contribution in [-0.4, -0.2) is 56.9 Å². The lowest BCUT2D eigenvalue weighted by Gasteiger charge is -2.35. The molecule has 2 aromatic heterocycles. The Hall–Kier alpha value is -3.16. The average molecular weight is 337 g/mol. The highest BCUT2D eigenvalue weighted by molar-refractivity contribution is 5.89. The number of carbonyl (C=O) groups is 1. The summed E-state index contributed by atoms with van der Waals surface area (Å²) in [6, 6.07) is 13.3. The number of nitrogens with zero attached hydrogens (tertiary/aromatic N) is 6. The number of hydrogen-bond acceptors (Lipinski definition) is 5. The van der Waals surface area contributed by atoms with Crippen LogP contribution in [-0.2, 0) is 0 Å². The second-order valence-corrected chi connectivity index (χ2v) is 5.98. The molecule has 1 aromatic carbocycles. The summed E-state index contributed by atoms with van der Waals surface area (Å²) in [4.78, 5) is 16.4. The maximum atomic E-state index is 12.4. The maximum absolute atomic E-state index is 12.4. The topological polar surface area (TPSA) is 78.7 Å². The molecule has 1 saturated heterocycles. The zero-order valence-corrected chi connectivity index (χ0v) is 14.0. The Morgan fingerprint density at radius 3 is 2.52 bits per heavy atom. The average Bonchev–Trinajstić information content (AvgIpc) is 3.03. The molecular formula is C17H19N7O. The number of hydrogen-bond donors (Lipinski definition) is 1. The molecule has 0 atom stereocenters. The Bertz CT molecular complexity index is 884. The Balaban J connectivity index is 1.40. The molecule has 0 unspecified atom stereocenters. The molecule has 25 heavy (non-hydrogen) atoms. The molecule has 0 saturated carbocycles. The van der Waals surface area contributed by atoms with E-state index in [1.807, 2.05) is 54.3 Å². The smallest absolute Gasteiger partial charge is 0.321 e. The second kappa shape index (κ2) is 6.39. The van der Waals surface area contributed by atoms with E-state index in [9.17, 15) is 4.79 Å². The van der Waals surface area contributed by atoms with E-state index in [2.05, 4.69) is 25.5 Å². The van der Waals surface area contributed by atoms with E-state index in [0.717, 1.165) is 36.1 Å². The number of rotatable bonds is 2. The van der Waals surface area contributed by atoms with Crippen LogP contribution >= 0.6 is 0 Å². The van der Waals surface area contributed by atoms with Crippen LogP contribution < -0.4 is 10.2 Å².